The third kappa shape index (κ3) is 4.55. The van der Waals surface area contributed by atoms with Gasteiger partial charge in [0.05, 0.1) is 0 Å². The number of carbonyl (C=O) groups excluding carboxylic acids is 2. The van der Waals surface area contributed by atoms with Gasteiger partial charge in [-0.25, -0.2) is 12.8 Å². The molecule has 172 valence electrons. The van der Waals surface area contributed by atoms with Crippen LogP contribution in [0.2, 0.25) is 0 Å². The summed E-state index contributed by atoms with van der Waals surface area (Å²) < 4.78 is 42.1. The first-order chi connectivity index (χ1) is 15.3. The van der Waals surface area contributed by atoms with Crippen molar-refractivity contribution < 1.29 is 22.4 Å². The van der Waals surface area contributed by atoms with Crippen molar-refractivity contribution in [2.24, 2.45) is 13.0 Å². The van der Waals surface area contributed by atoms with Crippen molar-refractivity contribution in [2.75, 3.05) is 32.7 Å². The van der Waals surface area contributed by atoms with Crippen molar-refractivity contribution in [3.05, 3.63) is 53.6 Å². The molecule has 7 nitrogen and oxygen atoms in total. The molecule has 4 rings (SSSR count). The standard InChI is InChI=1S/C23H28FN3O4S/c1-25-13-10-21-22(25)20(28)9-16-27(32(21,30)31)12-2-11-26-14-7-18(8-15-26)23(29)17-3-5-19(24)6-4-17/h3-6,10,13,18H,2,7-9,11-12,14-16H2,1H3. The summed E-state index contributed by atoms with van der Waals surface area (Å²) in [5.74, 6) is -0.504. The van der Waals surface area contributed by atoms with Gasteiger partial charge in [-0.3, -0.25) is 9.59 Å². The van der Waals surface area contributed by atoms with Crippen LogP contribution in [0, 0.1) is 11.7 Å². The van der Waals surface area contributed by atoms with Gasteiger partial charge in [0, 0.05) is 44.2 Å². The van der Waals surface area contributed by atoms with Crippen LogP contribution in [-0.4, -0.2) is 66.5 Å². The van der Waals surface area contributed by atoms with E-state index in [1.807, 2.05) is 0 Å². The number of aryl methyl sites for hydroxylation is 1. The number of ketones is 2. The Morgan fingerprint density at radius 3 is 2.44 bits per heavy atom. The Kier molecular flexibility index (Phi) is 6.60. The number of likely N-dealkylation sites (tertiary alicyclic amines) is 1. The second-order valence-corrected chi connectivity index (χ2v) is 10.5. The number of Topliss-reactive ketones (excluding diaryl/α,β-unsaturated/α-hetero) is 2. The number of halogens is 1. The Morgan fingerprint density at radius 1 is 1.06 bits per heavy atom. The summed E-state index contributed by atoms with van der Waals surface area (Å²) in [6.07, 6.45) is 3.92. The van der Waals surface area contributed by atoms with E-state index in [0.717, 1.165) is 32.5 Å². The highest BCUT2D eigenvalue weighted by molar-refractivity contribution is 7.89. The molecule has 2 aliphatic rings. The highest BCUT2D eigenvalue weighted by Gasteiger charge is 2.34. The maximum Gasteiger partial charge on any atom is 0.245 e. The number of aromatic nitrogens is 1. The zero-order chi connectivity index (χ0) is 22.9. The van der Waals surface area contributed by atoms with Crippen molar-refractivity contribution >= 4 is 21.6 Å². The number of hydrogen-bond donors (Lipinski definition) is 0. The molecule has 1 aromatic heterocycles. The van der Waals surface area contributed by atoms with E-state index in [1.54, 1.807) is 17.8 Å². The molecule has 32 heavy (non-hydrogen) atoms. The second kappa shape index (κ2) is 9.25. The van der Waals surface area contributed by atoms with E-state index in [0.29, 0.717) is 18.5 Å². The van der Waals surface area contributed by atoms with E-state index in [2.05, 4.69) is 4.90 Å². The summed E-state index contributed by atoms with van der Waals surface area (Å²) in [5.41, 5.74) is 0.812. The average molecular weight is 462 g/mol. The van der Waals surface area contributed by atoms with Crippen LogP contribution in [0.1, 0.15) is 46.5 Å². The van der Waals surface area contributed by atoms with Crippen LogP contribution in [-0.2, 0) is 17.1 Å². The molecule has 1 fully saturated rings. The van der Waals surface area contributed by atoms with Crippen LogP contribution in [0.4, 0.5) is 4.39 Å². The first kappa shape index (κ1) is 22.8. The average Bonchev–Trinajstić information content (AvgIpc) is 3.14. The van der Waals surface area contributed by atoms with Gasteiger partial charge in [-0.05, 0) is 69.2 Å². The van der Waals surface area contributed by atoms with E-state index in [1.165, 1.54) is 34.6 Å². The molecule has 2 aliphatic heterocycles. The van der Waals surface area contributed by atoms with Crippen LogP contribution in [0.3, 0.4) is 0 Å². The predicted octanol–water partition coefficient (Wildman–Crippen LogP) is 2.73. The number of piperidine rings is 1. The third-order valence-electron chi connectivity index (χ3n) is 6.47. The topological polar surface area (TPSA) is 79.7 Å². The summed E-state index contributed by atoms with van der Waals surface area (Å²) in [4.78, 5) is 27.4. The number of fused-ring (bicyclic) bond motifs is 1. The maximum absolute atomic E-state index is 13.1. The van der Waals surface area contributed by atoms with E-state index >= 15 is 0 Å². The molecule has 3 heterocycles. The fourth-order valence-corrected chi connectivity index (χ4v) is 6.34. The number of nitrogens with zero attached hydrogens (tertiary/aromatic N) is 3. The summed E-state index contributed by atoms with van der Waals surface area (Å²) in [5, 5.41) is 0. The van der Waals surface area contributed by atoms with Gasteiger partial charge >= 0.3 is 0 Å². The minimum atomic E-state index is -3.69. The summed E-state index contributed by atoms with van der Waals surface area (Å²) >= 11 is 0. The van der Waals surface area contributed by atoms with E-state index in [4.69, 9.17) is 0 Å². The van der Waals surface area contributed by atoms with Gasteiger partial charge in [0.25, 0.3) is 0 Å². The van der Waals surface area contributed by atoms with Crippen LogP contribution in [0.15, 0.2) is 41.4 Å². The molecule has 1 aromatic carbocycles. The highest BCUT2D eigenvalue weighted by Crippen LogP contribution is 2.27. The van der Waals surface area contributed by atoms with Crippen molar-refractivity contribution in [2.45, 2.75) is 30.6 Å². The Balaban J connectivity index is 1.29. The fourth-order valence-electron chi connectivity index (χ4n) is 4.62. The smallest absolute Gasteiger partial charge is 0.245 e. The highest BCUT2D eigenvalue weighted by atomic mass is 32.2. The molecule has 0 saturated carbocycles. The van der Waals surface area contributed by atoms with Crippen LogP contribution >= 0.6 is 0 Å². The Bertz CT molecular complexity index is 1100. The summed E-state index contributed by atoms with van der Waals surface area (Å²) in [7, 11) is -2.00. The number of carbonyl (C=O) groups is 2. The largest absolute Gasteiger partial charge is 0.347 e. The zero-order valence-electron chi connectivity index (χ0n) is 18.2. The van der Waals surface area contributed by atoms with Gasteiger partial charge in [-0.1, -0.05) is 0 Å². The monoisotopic (exact) mass is 461 g/mol. The van der Waals surface area contributed by atoms with Gasteiger partial charge in [0.1, 0.15) is 16.4 Å². The molecular weight excluding hydrogens is 433 g/mol. The molecule has 0 aliphatic carbocycles. The molecule has 0 N–H and O–H groups in total. The molecule has 0 spiro atoms. The fraction of sp³-hybridized carbons (Fsp3) is 0.478. The van der Waals surface area contributed by atoms with E-state index in [-0.39, 0.29) is 46.9 Å². The number of hydrogen-bond acceptors (Lipinski definition) is 5. The minimum Gasteiger partial charge on any atom is -0.347 e. The zero-order valence-corrected chi connectivity index (χ0v) is 19.0. The second-order valence-electron chi connectivity index (χ2n) is 8.56. The molecular formula is C23H28FN3O4S. The molecule has 0 unspecified atom stereocenters. The van der Waals surface area contributed by atoms with Crippen molar-refractivity contribution in [1.29, 1.82) is 0 Å². The van der Waals surface area contributed by atoms with Crippen molar-refractivity contribution in [3.8, 4) is 0 Å². The third-order valence-corrected chi connectivity index (χ3v) is 8.41. The summed E-state index contributed by atoms with van der Waals surface area (Å²) in [6, 6.07) is 7.20. The van der Waals surface area contributed by atoms with Crippen molar-refractivity contribution in [3.63, 3.8) is 0 Å². The molecule has 0 atom stereocenters. The Morgan fingerprint density at radius 2 is 1.75 bits per heavy atom. The van der Waals surface area contributed by atoms with Gasteiger partial charge in [0.15, 0.2) is 11.6 Å². The van der Waals surface area contributed by atoms with Gasteiger partial charge in [-0.2, -0.15) is 4.31 Å². The SMILES string of the molecule is Cn1ccc2c1C(=O)CCN(CCCN1CCC(C(=O)c3ccc(F)cc3)CC1)S2(=O)=O. The normalized spacial score (nSPS) is 20.1. The molecule has 0 bridgehead atoms. The van der Waals surface area contributed by atoms with E-state index in [9.17, 15) is 22.4 Å². The molecule has 0 amide bonds. The number of rotatable bonds is 6. The summed E-state index contributed by atoms with van der Waals surface area (Å²) in [6.45, 7) is 2.83. The van der Waals surface area contributed by atoms with Gasteiger partial charge in [0.2, 0.25) is 10.0 Å². The lowest BCUT2D eigenvalue weighted by atomic mass is 9.89. The number of sulfonamides is 1. The predicted molar refractivity (Wildman–Crippen MR) is 118 cm³/mol. The van der Waals surface area contributed by atoms with Gasteiger partial charge < -0.3 is 9.47 Å². The Hall–Kier alpha value is -2.36. The van der Waals surface area contributed by atoms with Crippen molar-refractivity contribution in [1.82, 2.24) is 13.8 Å². The van der Waals surface area contributed by atoms with Crippen LogP contribution in [0.5, 0.6) is 0 Å². The first-order valence-corrected chi connectivity index (χ1v) is 12.4. The molecule has 2 aromatic rings. The lowest BCUT2D eigenvalue weighted by molar-refractivity contribution is 0.0837. The maximum atomic E-state index is 13.1. The molecule has 0 radical (unpaired) electrons. The minimum absolute atomic E-state index is 0.0589. The number of benzene rings is 1. The quantitative estimate of drug-likeness (QED) is 0.618. The molecule has 9 heteroatoms. The van der Waals surface area contributed by atoms with E-state index < -0.39 is 10.0 Å². The Labute approximate surface area is 187 Å². The van der Waals surface area contributed by atoms with Crippen LogP contribution in [0.25, 0.3) is 0 Å². The lowest BCUT2D eigenvalue weighted by Gasteiger charge is -2.31. The van der Waals surface area contributed by atoms with Crippen LogP contribution < -0.4 is 0 Å². The first-order valence-electron chi connectivity index (χ1n) is 11.0. The lowest BCUT2D eigenvalue weighted by Crippen LogP contribution is -2.39. The van der Waals surface area contributed by atoms with Gasteiger partial charge in [-0.15, -0.1) is 0 Å². The molecule has 1 saturated heterocycles.